The number of alkyl halides is 3. The summed E-state index contributed by atoms with van der Waals surface area (Å²) < 4.78 is 38.5. The van der Waals surface area contributed by atoms with E-state index >= 15 is 0 Å². The van der Waals surface area contributed by atoms with E-state index in [1.165, 1.54) is 25.0 Å². The van der Waals surface area contributed by atoms with Crippen molar-refractivity contribution in [3.8, 4) is 0 Å². The molecule has 2 aliphatic heterocycles. The largest absolute Gasteiger partial charge is 0.395 e. The Bertz CT molecular complexity index is 746. The first-order valence-electron chi connectivity index (χ1n) is 10.2. The van der Waals surface area contributed by atoms with E-state index in [1.54, 1.807) is 0 Å². The number of nitrogens with two attached hydrogens (primary N) is 1. The quantitative estimate of drug-likeness (QED) is 0.614. The van der Waals surface area contributed by atoms with Crippen LogP contribution in [0, 0.1) is 23.7 Å². The summed E-state index contributed by atoms with van der Waals surface area (Å²) in [6.07, 6.45) is 2.70. The molecular weight excluding hydrogens is 385 g/mol. The number of nitrogens with zero attached hydrogens (tertiary/aromatic N) is 1. The molecule has 2 saturated carbocycles. The van der Waals surface area contributed by atoms with Crippen LogP contribution in [0.4, 0.5) is 13.2 Å². The number of nitrogens with one attached hydrogen (secondary N) is 2. The van der Waals surface area contributed by atoms with Gasteiger partial charge in [-0.25, -0.2) is 0 Å². The van der Waals surface area contributed by atoms with E-state index in [0.717, 1.165) is 31.5 Å². The van der Waals surface area contributed by atoms with E-state index < -0.39 is 23.5 Å². The first-order valence-corrected chi connectivity index (χ1v) is 10.2. The zero-order valence-corrected chi connectivity index (χ0v) is 16.2. The lowest BCUT2D eigenvalue weighted by atomic mass is 9.56. The fourth-order valence-corrected chi connectivity index (χ4v) is 4.94. The SMILES string of the molecule is NC12CC(CN(CC3CC3)C1)C2C(=O)NCC(=O)NC1=CC(C(F)(F)F)CC=C1. The van der Waals surface area contributed by atoms with Gasteiger partial charge in [-0.05, 0) is 49.7 Å². The molecule has 4 unspecified atom stereocenters. The van der Waals surface area contributed by atoms with Crippen LogP contribution in [0.15, 0.2) is 23.9 Å². The van der Waals surface area contributed by atoms with E-state index in [9.17, 15) is 22.8 Å². The van der Waals surface area contributed by atoms with Gasteiger partial charge in [-0.3, -0.25) is 9.59 Å². The Balaban J connectivity index is 1.25. The number of allylic oxidation sites excluding steroid dienone is 3. The molecule has 2 bridgehead atoms. The van der Waals surface area contributed by atoms with Crippen molar-refractivity contribution in [1.82, 2.24) is 15.5 Å². The molecule has 6 nitrogen and oxygen atoms in total. The molecule has 4 N–H and O–H groups in total. The molecule has 9 heteroatoms. The molecule has 2 heterocycles. The molecular formula is C20H27F3N4O2. The standard InChI is InChI=1S/C20H27F3N4O2/c21-20(22,23)14-2-1-3-15(6-14)26-16(28)8-25-18(29)17-13-7-19(17,24)11-27(10-13)9-12-4-5-12/h1,3,6,12-14,17H,2,4-5,7-11,24H2,(H,25,29)(H,26,28). The van der Waals surface area contributed by atoms with Crippen LogP contribution in [-0.2, 0) is 9.59 Å². The molecule has 2 amide bonds. The van der Waals surface area contributed by atoms with Crippen molar-refractivity contribution in [2.24, 2.45) is 29.4 Å². The van der Waals surface area contributed by atoms with E-state index in [1.807, 2.05) is 0 Å². The fourth-order valence-electron chi connectivity index (χ4n) is 4.94. The number of rotatable bonds is 6. The number of hydrogen-bond acceptors (Lipinski definition) is 4. The number of halogens is 3. The van der Waals surface area contributed by atoms with E-state index in [2.05, 4.69) is 15.5 Å². The highest BCUT2D eigenvalue weighted by Crippen LogP contribution is 2.48. The molecule has 5 rings (SSSR count). The molecule has 2 saturated heterocycles. The summed E-state index contributed by atoms with van der Waals surface area (Å²) in [6, 6.07) is 0. The molecule has 0 radical (unpaired) electrons. The molecule has 3 aliphatic carbocycles. The first-order chi connectivity index (χ1) is 13.6. The Hall–Kier alpha value is -1.87. The Morgan fingerprint density at radius 1 is 1.31 bits per heavy atom. The highest BCUT2D eigenvalue weighted by atomic mass is 19.4. The van der Waals surface area contributed by atoms with Crippen molar-refractivity contribution in [1.29, 1.82) is 0 Å². The lowest BCUT2D eigenvalue weighted by Gasteiger charge is -2.59. The van der Waals surface area contributed by atoms with Gasteiger partial charge in [-0.15, -0.1) is 0 Å². The minimum atomic E-state index is -4.35. The summed E-state index contributed by atoms with van der Waals surface area (Å²) in [5, 5.41) is 5.04. The number of carbonyl (C=O) groups is 2. The highest BCUT2D eigenvalue weighted by Gasteiger charge is 2.59. The summed E-state index contributed by atoms with van der Waals surface area (Å²) in [7, 11) is 0. The van der Waals surface area contributed by atoms with Crippen LogP contribution in [0.1, 0.15) is 25.7 Å². The van der Waals surface area contributed by atoms with Crippen molar-refractivity contribution < 1.29 is 22.8 Å². The molecule has 160 valence electrons. The van der Waals surface area contributed by atoms with Crippen LogP contribution in [0.25, 0.3) is 0 Å². The topological polar surface area (TPSA) is 87.5 Å². The Kier molecular flexibility index (Phi) is 5.23. The van der Waals surface area contributed by atoms with Gasteiger partial charge in [0.15, 0.2) is 0 Å². The normalized spacial score (nSPS) is 34.2. The molecule has 0 aromatic heterocycles. The lowest BCUT2D eigenvalue weighted by Crippen LogP contribution is -2.75. The summed E-state index contributed by atoms with van der Waals surface area (Å²) >= 11 is 0. The smallest absolute Gasteiger partial charge is 0.347 e. The lowest BCUT2D eigenvalue weighted by molar-refractivity contribution is -0.160. The monoisotopic (exact) mass is 412 g/mol. The fraction of sp³-hybridized carbons (Fsp3) is 0.700. The maximum atomic E-state index is 12.8. The second-order valence-electron chi connectivity index (χ2n) is 8.99. The van der Waals surface area contributed by atoms with Crippen LogP contribution in [0.2, 0.25) is 0 Å². The average Bonchev–Trinajstić information content (AvgIpc) is 3.43. The first kappa shape index (κ1) is 20.4. The van der Waals surface area contributed by atoms with Gasteiger partial charge in [0.1, 0.15) is 0 Å². The third-order valence-electron chi connectivity index (χ3n) is 6.44. The Labute approximate surface area is 167 Å². The summed E-state index contributed by atoms with van der Waals surface area (Å²) in [4.78, 5) is 27.0. The molecule has 29 heavy (non-hydrogen) atoms. The van der Waals surface area contributed by atoms with Crippen LogP contribution < -0.4 is 16.4 Å². The maximum absolute atomic E-state index is 12.8. The third kappa shape index (κ3) is 4.50. The van der Waals surface area contributed by atoms with Gasteiger partial charge in [0, 0.05) is 30.9 Å². The van der Waals surface area contributed by atoms with Crippen molar-refractivity contribution in [3.63, 3.8) is 0 Å². The van der Waals surface area contributed by atoms with Gasteiger partial charge < -0.3 is 21.3 Å². The summed E-state index contributed by atoms with van der Waals surface area (Å²) in [5.74, 6) is -1.75. The molecule has 5 aliphatic rings. The van der Waals surface area contributed by atoms with E-state index in [-0.39, 0.29) is 36.4 Å². The summed E-state index contributed by atoms with van der Waals surface area (Å²) in [5.41, 5.74) is 6.01. The van der Waals surface area contributed by atoms with Crippen molar-refractivity contribution in [3.05, 3.63) is 23.9 Å². The second kappa shape index (κ2) is 7.43. The predicted octanol–water partition coefficient (Wildman–Crippen LogP) is 1.30. The van der Waals surface area contributed by atoms with Crippen LogP contribution >= 0.6 is 0 Å². The van der Waals surface area contributed by atoms with Crippen LogP contribution in [0.5, 0.6) is 0 Å². The Morgan fingerprint density at radius 2 is 2.07 bits per heavy atom. The van der Waals surface area contributed by atoms with Crippen LogP contribution in [0.3, 0.4) is 0 Å². The second-order valence-corrected chi connectivity index (χ2v) is 8.99. The van der Waals surface area contributed by atoms with Gasteiger partial charge in [0.25, 0.3) is 0 Å². The number of carbonyl (C=O) groups excluding carboxylic acids is 2. The molecule has 4 fully saturated rings. The number of piperidine rings is 2. The zero-order valence-electron chi connectivity index (χ0n) is 16.2. The summed E-state index contributed by atoms with van der Waals surface area (Å²) in [6.45, 7) is 2.32. The maximum Gasteiger partial charge on any atom is 0.395 e. The van der Waals surface area contributed by atoms with Crippen LogP contribution in [-0.4, -0.2) is 54.6 Å². The van der Waals surface area contributed by atoms with Gasteiger partial charge in [0.2, 0.25) is 11.8 Å². The number of hydrogen-bond donors (Lipinski definition) is 3. The van der Waals surface area contributed by atoms with E-state index in [0.29, 0.717) is 6.54 Å². The van der Waals surface area contributed by atoms with Gasteiger partial charge in [-0.2, -0.15) is 13.2 Å². The minimum absolute atomic E-state index is 0.101. The third-order valence-corrected chi connectivity index (χ3v) is 6.44. The zero-order chi connectivity index (χ0) is 20.8. The average molecular weight is 412 g/mol. The van der Waals surface area contributed by atoms with Crippen molar-refractivity contribution in [2.45, 2.75) is 37.4 Å². The van der Waals surface area contributed by atoms with Gasteiger partial charge >= 0.3 is 6.18 Å². The number of fused-ring (bicyclic) bond motifs is 2. The van der Waals surface area contributed by atoms with E-state index in [4.69, 9.17) is 5.73 Å². The molecule has 4 atom stereocenters. The Morgan fingerprint density at radius 3 is 2.72 bits per heavy atom. The molecule has 0 aromatic rings. The molecule has 0 spiro atoms. The number of amides is 2. The predicted molar refractivity (Wildman–Crippen MR) is 100 cm³/mol. The van der Waals surface area contributed by atoms with Crippen molar-refractivity contribution in [2.75, 3.05) is 26.2 Å². The van der Waals surface area contributed by atoms with Gasteiger partial charge in [-0.1, -0.05) is 6.08 Å². The van der Waals surface area contributed by atoms with Crippen molar-refractivity contribution >= 4 is 11.8 Å². The highest BCUT2D eigenvalue weighted by molar-refractivity contribution is 5.88. The minimum Gasteiger partial charge on any atom is -0.347 e. The van der Waals surface area contributed by atoms with Gasteiger partial charge in [0.05, 0.1) is 18.4 Å². The molecule has 0 aromatic carbocycles.